The van der Waals surface area contributed by atoms with Gasteiger partial charge >= 0.3 is 5.69 Å². The summed E-state index contributed by atoms with van der Waals surface area (Å²) < 4.78 is 2.80. The molecule has 0 aliphatic rings. The number of nitrogens with one attached hydrogen (secondary N) is 1. The van der Waals surface area contributed by atoms with Crippen LogP contribution < -0.4 is 16.6 Å². The highest BCUT2D eigenvalue weighted by Crippen LogP contribution is 2.18. The van der Waals surface area contributed by atoms with Gasteiger partial charge in [-0.05, 0) is 59.8 Å². The lowest BCUT2D eigenvalue weighted by atomic mass is 10.1. The number of nitrogens with zero attached hydrogens (tertiary/aromatic N) is 2. The van der Waals surface area contributed by atoms with E-state index in [0.29, 0.717) is 26.6 Å². The van der Waals surface area contributed by atoms with Gasteiger partial charge in [-0.1, -0.05) is 30.7 Å². The Bertz CT molecular complexity index is 1350. The third-order valence-electron chi connectivity index (χ3n) is 4.76. The van der Waals surface area contributed by atoms with Crippen LogP contribution in [-0.4, -0.2) is 15.0 Å². The van der Waals surface area contributed by atoms with Crippen molar-refractivity contribution in [3.63, 3.8) is 0 Å². The van der Waals surface area contributed by atoms with Gasteiger partial charge in [-0.3, -0.25) is 14.2 Å². The van der Waals surface area contributed by atoms with E-state index in [1.54, 1.807) is 41.8 Å². The highest BCUT2D eigenvalue weighted by Gasteiger charge is 2.17. The van der Waals surface area contributed by atoms with Crippen LogP contribution >= 0.6 is 22.9 Å². The zero-order chi connectivity index (χ0) is 21.3. The summed E-state index contributed by atoms with van der Waals surface area (Å²) in [6, 6.07) is 15.7. The minimum atomic E-state index is -0.578. The van der Waals surface area contributed by atoms with Gasteiger partial charge in [0.05, 0.1) is 11.2 Å². The fourth-order valence-corrected chi connectivity index (χ4v) is 4.22. The number of amides is 1. The number of halogens is 1. The van der Waals surface area contributed by atoms with Crippen LogP contribution in [0.1, 0.15) is 12.5 Å². The van der Waals surface area contributed by atoms with E-state index in [1.165, 1.54) is 15.9 Å². The van der Waals surface area contributed by atoms with Crippen LogP contribution in [0.3, 0.4) is 0 Å². The lowest BCUT2D eigenvalue weighted by molar-refractivity contribution is -0.116. The highest BCUT2D eigenvalue weighted by molar-refractivity contribution is 7.17. The quantitative estimate of drug-likeness (QED) is 0.509. The van der Waals surface area contributed by atoms with E-state index < -0.39 is 11.2 Å². The zero-order valence-electron chi connectivity index (χ0n) is 16.1. The number of rotatable bonds is 5. The van der Waals surface area contributed by atoms with E-state index in [1.807, 2.05) is 25.1 Å². The summed E-state index contributed by atoms with van der Waals surface area (Å²) in [5, 5.41) is 5.06. The maximum atomic E-state index is 13.2. The summed E-state index contributed by atoms with van der Waals surface area (Å²) in [4.78, 5) is 38.8. The number of aryl methyl sites for hydroxylation is 1. The number of carbonyl (C=O) groups is 1. The average molecular weight is 440 g/mol. The van der Waals surface area contributed by atoms with Crippen LogP contribution in [0.4, 0.5) is 5.69 Å². The SMILES string of the molecule is CCc1cccc(NC(=O)Cn2c(=O)n(-c3ccc(Cl)cc3)c(=O)c3sccc32)c1. The van der Waals surface area contributed by atoms with Gasteiger partial charge in [-0.25, -0.2) is 9.36 Å². The number of carbonyl (C=O) groups excluding carboxylic acids is 1. The van der Waals surface area contributed by atoms with Crippen molar-refractivity contribution in [1.82, 2.24) is 9.13 Å². The number of hydrogen-bond acceptors (Lipinski definition) is 4. The second kappa shape index (κ2) is 8.30. The van der Waals surface area contributed by atoms with E-state index >= 15 is 0 Å². The molecule has 0 aliphatic heterocycles. The van der Waals surface area contributed by atoms with Gasteiger partial charge in [-0.2, -0.15) is 0 Å². The van der Waals surface area contributed by atoms with Crippen molar-refractivity contribution in [3.8, 4) is 5.69 Å². The summed E-state index contributed by atoms with van der Waals surface area (Å²) in [6.45, 7) is 1.82. The van der Waals surface area contributed by atoms with Gasteiger partial charge in [0, 0.05) is 10.7 Å². The molecule has 30 heavy (non-hydrogen) atoms. The zero-order valence-corrected chi connectivity index (χ0v) is 17.7. The van der Waals surface area contributed by atoms with E-state index in [-0.39, 0.29) is 12.5 Å². The number of aromatic nitrogens is 2. The standard InChI is InChI=1S/C22H18ClN3O3S/c1-2-14-4-3-5-16(12-14)24-19(27)13-25-18-10-11-30-20(18)21(28)26(22(25)29)17-8-6-15(23)7-9-17/h3-12H,2,13H2,1H3,(H,24,27). The van der Waals surface area contributed by atoms with Gasteiger partial charge in [0.2, 0.25) is 5.91 Å². The van der Waals surface area contributed by atoms with E-state index in [4.69, 9.17) is 11.6 Å². The number of thiophene rings is 1. The Morgan fingerprint density at radius 2 is 1.87 bits per heavy atom. The molecule has 2 aromatic heterocycles. The number of anilines is 1. The summed E-state index contributed by atoms with van der Waals surface area (Å²) in [7, 11) is 0. The van der Waals surface area contributed by atoms with Crippen molar-refractivity contribution < 1.29 is 4.79 Å². The molecule has 4 aromatic rings. The van der Waals surface area contributed by atoms with Gasteiger partial charge < -0.3 is 5.32 Å². The van der Waals surface area contributed by atoms with Gasteiger partial charge in [0.25, 0.3) is 5.56 Å². The molecule has 0 bridgehead atoms. The topological polar surface area (TPSA) is 73.1 Å². The third kappa shape index (κ3) is 3.81. The molecule has 6 nitrogen and oxygen atoms in total. The van der Waals surface area contributed by atoms with Crippen LogP contribution in [-0.2, 0) is 17.8 Å². The molecule has 2 aromatic carbocycles. The van der Waals surface area contributed by atoms with Crippen LogP contribution in [0.5, 0.6) is 0 Å². The fourth-order valence-electron chi connectivity index (χ4n) is 3.27. The maximum Gasteiger partial charge on any atom is 0.336 e. The van der Waals surface area contributed by atoms with Gasteiger partial charge in [0.1, 0.15) is 11.2 Å². The van der Waals surface area contributed by atoms with Gasteiger partial charge in [-0.15, -0.1) is 11.3 Å². The van der Waals surface area contributed by atoms with E-state index in [0.717, 1.165) is 16.6 Å². The maximum absolute atomic E-state index is 13.2. The smallest absolute Gasteiger partial charge is 0.325 e. The van der Waals surface area contributed by atoms with Crippen molar-refractivity contribution in [2.45, 2.75) is 19.9 Å². The largest absolute Gasteiger partial charge is 0.336 e. The Morgan fingerprint density at radius 3 is 2.60 bits per heavy atom. The third-order valence-corrected chi connectivity index (χ3v) is 5.90. The second-order valence-electron chi connectivity index (χ2n) is 6.72. The molecule has 0 atom stereocenters. The Morgan fingerprint density at radius 1 is 1.10 bits per heavy atom. The molecule has 0 spiro atoms. The normalized spacial score (nSPS) is 11.0. The lowest BCUT2D eigenvalue weighted by Gasteiger charge is -2.13. The first-order valence-electron chi connectivity index (χ1n) is 9.35. The van der Waals surface area contributed by atoms with Gasteiger partial charge in [0.15, 0.2) is 0 Å². The summed E-state index contributed by atoms with van der Waals surface area (Å²) in [5.74, 6) is -0.348. The average Bonchev–Trinajstić information content (AvgIpc) is 3.23. The van der Waals surface area contributed by atoms with Crippen LogP contribution in [0.25, 0.3) is 15.9 Å². The molecule has 0 saturated heterocycles. The second-order valence-corrected chi connectivity index (χ2v) is 8.08. The Balaban J connectivity index is 1.76. The molecule has 2 heterocycles. The Labute approximate surface area is 181 Å². The monoisotopic (exact) mass is 439 g/mol. The predicted molar refractivity (Wildman–Crippen MR) is 121 cm³/mol. The fraction of sp³-hybridized carbons (Fsp3) is 0.136. The van der Waals surface area contributed by atoms with E-state index in [9.17, 15) is 14.4 Å². The van der Waals surface area contributed by atoms with Crippen LogP contribution in [0, 0.1) is 0 Å². The first kappa shape index (κ1) is 20.1. The molecule has 0 saturated carbocycles. The minimum absolute atomic E-state index is 0.212. The number of fused-ring (bicyclic) bond motifs is 1. The van der Waals surface area contributed by atoms with E-state index in [2.05, 4.69) is 5.32 Å². The molecule has 0 unspecified atom stereocenters. The first-order chi connectivity index (χ1) is 14.5. The van der Waals surface area contributed by atoms with Crippen LogP contribution in [0.2, 0.25) is 5.02 Å². The first-order valence-corrected chi connectivity index (χ1v) is 10.6. The van der Waals surface area contributed by atoms with Crippen molar-refractivity contribution in [1.29, 1.82) is 0 Å². The van der Waals surface area contributed by atoms with Crippen molar-refractivity contribution in [2.24, 2.45) is 0 Å². The number of benzene rings is 2. The van der Waals surface area contributed by atoms with Crippen molar-refractivity contribution in [2.75, 3.05) is 5.32 Å². The minimum Gasteiger partial charge on any atom is -0.325 e. The molecule has 0 radical (unpaired) electrons. The van der Waals surface area contributed by atoms with Crippen molar-refractivity contribution >= 4 is 44.7 Å². The molecule has 0 fully saturated rings. The molecular formula is C22H18ClN3O3S. The molecular weight excluding hydrogens is 422 g/mol. The summed E-state index contributed by atoms with van der Waals surface area (Å²) in [5.41, 5.74) is 1.61. The predicted octanol–water partition coefficient (Wildman–Crippen LogP) is 4.07. The highest BCUT2D eigenvalue weighted by atomic mass is 35.5. The Kier molecular flexibility index (Phi) is 5.57. The molecule has 1 N–H and O–H groups in total. The lowest BCUT2D eigenvalue weighted by Crippen LogP contribution is -2.40. The molecule has 8 heteroatoms. The molecule has 152 valence electrons. The van der Waals surface area contributed by atoms with Crippen LogP contribution in [0.15, 0.2) is 69.6 Å². The number of hydrogen-bond donors (Lipinski definition) is 1. The van der Waals surface area contributed by atoms with Crippen molar-refractivity contribution in [3.05, 3.63) is 91.4 Å². The summed E-state index contributed by atoms with van der Waals surface area (Å²) >= 11 is 7.17. The molecule has 1 amide bonds. The molecule has 0 aliphatic carbocycles. The summed E-state index contributed by atoms with van der Waals surface area (Å²) in [6.07, 6.45) is 0.852. The molecule has 4 rings (SSSR count). The Hall–Kier alpha value is -3.16.